The first-order valence-corrected chi connectivity index (χ1v) is 8.20. The summed E-state index contributed by atoms with van der Waals surface area (Å²) < 4.78 is 1.92. The molecule has 3 aromatic rings. The number of nitrogens with zero attached hydrogens (tertiary/aromatic N) is 4. The van der Waals surface area contributed by atoms with Crippen LogP contribution in [0.3, 0.4) is 0 Å². The van der Waals surface area contributed by atoms with Crippen molar-refractivity contribution in [2.75, 3.05) is 5.73 Å². The van der Waals surface area contributed by atoms with Crippen molar-refractivity contribution >= 4 is 51.9 Å². The molecular formula is C15H11Cl2N5S. The van der Waals surface area contributed by atoms with Gasteiger partial charge in [0, 0.05) is 27.9 Å². The van der Waals surface area contributed by atoms with Gasteiger partial charge in [-0.15, -0.1) is 12.3 Å². The molecule has 0 aliphatic carbocycles. The summed E-state index contributed by atoms with van der Waals surface area (Å²) in [6.45, 7) is 0.583. The van der Waals surface area contributed by atoms with Gasteiger partial charge in [-0.3, -0.25) is 0 Å². The Labute approximate surface area is 147 Å². The van der Waals surface area contributed by atoms with Crippen LogP contribution in [0.15, 0.2) is 34.6 Å². The molecule has 0 fully saturated rings. The number of hydrogen-bond donors (Lipinski definition) is 1. The summed E-state index contributed by atoms with van der Waals surface area (Å²) in [6.07, 6.45) is 7.35. The summed E-state index contributed by atoms with van der Waals surface area (Å²) in [6, 6.07) is 5.31. The Morgan fingerprint density at radius 3 is 2.65 bits per heavy atom. The van der Waals surface area contributed by atoms with Crippen LogP contribution in [-0.2, 0) is 6.54 Å². The first kappa shape index (κ1) is 15.9. The Kier molecular flexibility index (Phi) is 4.62. The maximum Gasteiger partial charge on any atom is 0.175 e. The van der Waals surface area contributed by atoms with Crippen molar-refractivity contribution in [3.05, 3.63) is 34.6 Å². The van der Waals surface area contributed by atoms with E-state index in [1.165, 1.54) is 18.1 Å². The van der Waals surface area contributed by atoms with E-state index in [-0.39, 0.29) is 0 Å². The number of nitrogens with two attached hydrogens (primary N) is 1. The van der Waals surface area contributed by atoms with Gasteiger partial charge in [0.1, 0.15) is 6.33 Å². The fourth-order valence-corrected chi connectivity index (χ4v) is 3.75. The molecule has 0 bridgehead atoms. The van der Waals surface area contributed by atoms with E-state index in [2.05, 4.69) is 20.9 Å². The van der Waals surface area contributed by atoms with Crippen LogP contribution < -0.4 is 5.73 Å². The van der Waals surface area contributed by atoms with E-state index in [1.807, 2.05) is 16.7 Å². The van der Waals surface area contributed by atoms with Crippen LogP contribution >= 0.6 is 35.0 Å². The van der Waals surface area contributed by atoms with Crippen molar-refractivity contribution in [3.63, 3.8) is 0 Å². The zero-order valence-electron chi connectivity index (χ0n) is 11.8. The lowest BCUT2D eigenvalue weighted by molar-refractivity contribution is 0.664. The maximum atomic E-state index is 6.05. The smallest absolute Gasteiger partial charge is 0.175 e. The predicted octanol–water partition coefficient (Wildman–Crippen LogP) is 3.89. The minimum absolute atomic E-state index is 0.334. The highest BCUT2D eigenvalue weighted by Gasteiger charge is 2.16. The summed E-state index contributed by atoms with van der Waals surface area (Å²) in [7, 11) is 0. The molecule has 0 saturated carbocycles. The number of aryl methyl sites for hydroxylation is 1. The van der Waals surface area contributed by atoms with E-state index in [0.717, 1.165) is 4.90 Å². The van der Waals surface area contributed by atoms with Gasteiger partial charge in [-0.2, -0.15) is 0 Å². The van der Waals surface area contributed by atoms with Gasteiger partial charge >= 0.3 is 0 Å². The molecule has 5 nitrogen and oxygen atoms in total. The van der Waals surface area contributed by atoms with E-state index in [0.29, 0.717) is 45.1 Å². The molecule has 2 heterocycles. The average Bonchev–Trinajstić information content (AvgIpc) is 2.83. The van der Waals surface area contributed by atoms with Crippen LogP contribution in [0.1, 0.15) is 6.42 Å². The van der Waals surface area contributed by atoms with E-state index in [9.17, 15) is 0 Å². The molecule has 0 unspecified atom stereocenters. The molecule has 116 valence electrons. The number of anilines is 1. The second-order valence-electron chi connectivity index (χ2n) is 4.64. The largest absolute Gasteiger partial charge is 0.382 e. The lowest BCUT2D eigenvalue weighted by Crippen LogP contribution is -2.01. The van der Waals surface area contributed by atoms with Gasteiger partial charge in [-0.25, -0.2) is 15.0 Å². The molecule has 3 rings (SSSR count). The number of fused-ring (bicyclic) bond motifs is 1. The highest BCUT2D eigenvalue weighted by atomic mass is 35.5. The molecule has 2 N–H and O–H groups in total. The van der Waals surface area contributed by atoms with Crippen molar-refractivity contribution in [1.29, 1.82) is 0 Å². The Morgan fingerprint density at radius 2 is 1.96 bits per heavy atom. The summed E-state index contributed by atoms with van der Waals surface area (Å²) in [5.74, 6) is 2.95. The minimum Gasteiger partial charge on any atom is -0.382 e. The Morgan fingerprint density at radius 1 is 1.22 bits per heavy atom. The number of rotatable bonds is 4. The summed E-state index contributed by atoms with van der Waals surface area (Å²) in [4.78, 5) is 13.7. The first-order valence-electron chi connectivity index (χ1n) is 6.62. The van der Waals surface area contributed by atoms with Crippen LogP contribution in [0.2, 0.25) is 10.0 Å². The van der Waals surface area contributed by atoms with E-state index in [1.54, 1.807) is 6.07 Å². The molecule has 2 aromatic heterocycles. The molecule has 8 heteroatoms. The Bertz CT molecular complexity index is 896. The van der Waals surface area contributed by atoms with Gasteiger partial charge in [-0.05, 0) is 18.2 Å². The van der Waals surface area contributed by atoms with Gasteiger partial charge in [0.05, 0.1) is 0 Å². The zero-order chi connectivity index (χ0) is 16.4. The molecule has 23 heavy (non-hydrogen) atoms. The predicted molar refractivity (Wildman–Crippen MR) is 93.8 cm³/mol. The quantitative estimate of drug-likeness (QED) is 0.712. The number of hydrogen-bond acceptors (Lipinski definition) is 5. The highest BCUT2D eigenvalue weighted by molar-refractivity contribution is 7.99. The molecule has 0 aliphatic heterocycles. The van der Waals surface area contributed by atoms with Crippen LogP contribution in [0, 0.1) is 12.3 Å². The standard InChI is InChI=1S/C15H11Cl2N5S/c1-2-3-4-22-14-12(13(18)19-8-20-14)21-15(22)23-11-6-9(16)5-10(17)7-11/h1,5-8H,3-4H2,(H2,18,19,20). The SMILES string of the molecule is C#CCCn1c(Sc2cc(Cl)cc(Cl)c2)nc2c(N)ncnc21. The molecular weight excluding hydrogens is 353 g/mol. The lowest BCUT2D eigenvalue weighted by Gasteiger charge is -2.07. The number of imidazole rings is 1. The van der Waals surface area contributed by atoms with Crippen molar-refractivity contribution in [2.45, 2.75) is 23.0 Å². The van der Waals surface area contributed by atoms with Crippen molar-refractivity contribution < 1.29 is 0 Å². The van der Waals surface area contributed by atoms with Crippen LogP contribution in [-0.4, -0.2) is 19.5 Å². The second kappa shape index (κ2) is 6.67. The number of nitrogen functional groups attached to an aromatic ring is 1. The molecule has 0 saturated heterocycles. The van der Waals surface area contributed by atoms with E-state index < -0.39 is 0 Å². The highest BCUT2D eigenvalue weighted by Crippen LogP contribution is 2.33. The topological polar surface area (TPSA) is 69.6 Å². The third-order valence-electron chi connectivity index (χ3n) is 3.05. The Hall–Kier alpha value is -1.94. The fourth-order valence-electron chi connectivity index (χ4n) is 2.08. The van der Waals surface area contributed by atoms with Gasteiger partial charge in [-0.1, -0.05) is 35.0 Å². The van der Waals surface area contributed by atoms with E-state index >= 15 is 0 Å². The Balaban J connectivity index is 2.08. The number of benzene rings is 1. The summed E-state index contributed by atoms with van der Waals surface area (Å²) in [5.41, 5.74) is 7.10. The van der Waals surface area contributed by atoms with Crippen LogP contribution in [0.5, 0.6) is 0 Å². The van der Waals surface area contributed by atoms with E-state index in [4.69, 9.17) is 35.4 Å². The van der Waals surface area contributed by atoms with Gasteiger partial charge in [0.15, 0.2) is 22.1 Å². The molecule has 0 aliphatic rings. The molecule has 0 radical (unpaired) electrons. The normalized spacial score (nSPS) is 10.8. The monoisotopic (exact) mass is 363 g/mol. The van der Waals surface area contributed by atoms with Crippen LogP contribution in [0.4, 0.5) is 5.82 Å². The third kappa shape index (κ3) is 3.37. The first-order chi connectivity index (χ1) is 11.1. The molecule has 0 spiro atoms. The number of aromatic nitrogens is 4. The average molecular weight is 364 g/mol. The number of halogens is 2. The van der Waals surface area contributed by atoms with Crippen molar-refractivity contribution in [3.8, 4) is 12.3 Å². The lowest BCUT2D eigenvalue weighted by atomic mass is 10.4. The zero-order valence-corrected chi connectivity index (χ0v) is 14.2. The molecule has 0 amide bonds. The third-order valence-corrected chi connectivity index (χ3v) is 4.45. The van der Waals surface area contributed by atoms with Gasteiger partial charge < -0.3 is 10.3 Å². The van der Waals surface area contributed by atoms with Gasteiger partial charge in [0.25, 0.3) is 0 Å². The fraction of sp³-hybridized carbons (Fsp3) is 0.133. The maximum absolute atomic E-state index is 6.05. The summed E-state index contributed by atoms with van der Waals surface area (Å²) in [5, 5.41) is 1.83. The summed E-state index contributed by atoms with van der Waals surface area (Å²) >= 11 is 13.5. The molecule has 0 atom stereocenters. The second-order valence-corrected chi connectivity index (χ2v) is 6.55. The number of terminal acetylenes is 1. The molecule has 1 aromatic carbocycles. The van der Waals surface area contributed by atoms with Crippen molar-refractivity contribution in [2.24, 2.45) is 0 Å². The van der Waals surface area contributed by atoms with Crippen molar-refractivity contribution in [1.82, 2.24) is 19.5 Å². The van der Waals surface area contributed by atoms with Gasteiger partial charge in [0.2, 0.25) is 0 Å². The minimum atomic E-state index is 0.334. The van der Waals surface area contributed by atoms with Crippen LogP contribution in [0.25, 0.3) is 11.2 Å².